The van der Waals surface area contributed by atoms with Gasteiger partial charge in [0.05, 0.1) is 13.2 Å². The van der Waals surface area contributed by atoms with Crippen LogP contribution in [0.5, 0.6) is 11.5 Å². The van der Waals surface area contributed by atoms with Crippen LogP contribution >= 0.6 is 10.0 Å². The molecule has 28 heavy (non-hydrogen) atoms. The van der Waals surface area contributed by atoms with Crippen molar-refractivity contribution < 1.29 is 14.3 Å². The van der Waals surface area contributed by atoms with E-state index in [9.17, 15) is 4.79 Å². The molecule has 1 unspecified atom stereocenters. The molecule has 6 heteroatoms. The summed E-state index contributed by atoms with van der Waals surface area (Å²) in [5.74, 6) is 1.52. The number of carbonyl (C=O) groups is 1. The second kappa shape index (κ2) is 8.52. The van der Waals surface area contributed by atoms with Crippen molar-refractivity contribution in [1.82, 2.24) is 5.32 Å². The van der Waals surface area contributed by atoms with Gasteiger partial charge in [0.2, 0.25) is 5.91 Å². The molecule has 1 aliphatic heterocycles. The molecule has 148 valence electrons. The molecule has 1 amide bonds. The molecule has 0 aliphatic carbocycles. The van der Waals surface area contributed by atoms with Gasteiger partial charge in [-0.3, -0.25) is 4.79 Å². The summed E-state index contributed by atoms with van der Waals surface area (Å²) in [6, 6.07) is 15.9. The van der Waals surface area contributed by atoms with Crippen molar-refractivity contribution in [1.29, 1.82) is 0 Å². The number of carbonyl (C=O) groups excluding carboxylic acids is 1. The fraction of sp³-hybridized carbons (Fsp3) is 0.273. The third kappa shape index (κ3) is 3.78. The Kier molecular flexibility index (Phi) is 6.09. The van der Waals surface area contributed by atoms with Crippen LogP contribution in [-0.4, -0.2) is 24.3 Å². The molecule has 1 aliphatic rings. The van der Waals surface area contributed by atoms with Gasteiger partial charge in [-0.25, -0.2) is 4.99 Å². The third-order valence-corrected chi connectivity index (χ3v) is 7.71. The van der Waals surface area contributed by atoms with Crippen LogP contribution in [-0.2, 0) is 4.79 Å². The molecule has 0 spiro atoms. The largest absolute Gasteiger partial charge is 0.496 e. The van der Waals surface area contributed by atoms with Gasteiger partial charge in [-0.1, -0.05) is 19.1 Å². The zero-order valence-electron chi connectivity index (χ0n) is 16.6. The maximum Gasteiger partial charge on any atom is 0.225 e. The number of benzene rings is 2. The zero-order chi connectivity index (χ0) is 20.1. The predicted octanol–water partition coefficient (Wildman–Crippen LogP) is 5.07. The minimum atomic E-state index is -1.90. The van der Waals surface area contributed by atoms with Crippen LogP contribution in [0.15, 0.2) is 74.9 Å². The number of nitrogens with zero attached hydrogens (tertiary/aromatic N) is 1. The third-order valence-electron chi connectivity index (χ3n) is 4.31. The standard InChI is InChI=1S/C22H26N2O3S/c1-5-21(25)24-22-23-14-15-28(22,20-9-7-6-8-19(20)26-4)18-12-10-17(11-13-18)27-16(2)3/h6-16H,5H2,1-4H3,(H,23,24,25). The number of methoxy groups -OCH3 is 1. The summed E-state index contributed by atoms with van der Waals surface area (Å²) in [6.45, 7) is 5.83. The number of nitrogens with one attached hydrogen (secondary N) is 1. The lowest BCUT2D eigenvalue weighted by atomic mass is 10.3. The van der Waals surface area contributed by atoms with Crippen LogP contribution < -0.4 is 14.8 Å². The van der Waals surface area contributed by atoms with E-state index >= 15 is 0 Å². The molecule has 2 aromatic carbocycles. The monoisotopic (exact) mass is 398 g/mol. The number of aliphatic imine (C=N–C) groups is 1. The first-order valence-corrected chi connectivity index (χ1v) is 11.0. The lowest BCUT2D eigenvalue weighted by Gasteiger charge is -2.37. The highest BCUT2D eigenvalue weighted by molar-refractivity contribution is 8.47. The summed E-state index contributed by atoms with van der Waals surface area (Å²) in [5.41, 5.74) is 0. The van der Waals surface area contributed by atoms with Gasteiger partial charge >= 0.3 is 0 Å². The van der Waals surface area contributed by atoms with Crippen molar-refractivity contribution in [3.05, 3.63) is 60.1 Å². The molecule has 5 nitrogen and oxygen atoms in total. The molecule has 0 saturated carbocycles. The molecule has 2 aromatic rings. The van der Waals surface area contributed by atoms with E-state index in [2.05, 4.69) is 15.7 Å². The van der Waals surface area contributed by atoms with E-state index in [0.29, 0.717) is 11.6 Å². The van der Waals surface area contributed by atoms with E-state index in [1.807, 2.05) is 69.3 Å². The molecule has 0 bridgehead atoms. The summed E-state index contributed by atoms with van der Waals surface area (Å²) in [6.07, 6.45) is 2.27. The first-order valence-electron chi connectivity index (χ1n) is 9.28. The molecular formula is C22H26N2O3S. The lowest BCUT2D eigenvalue weighted by molar-refractivity contribution is -0.119. The summed E-state index contributed by atoms with van der Waals surface area (Å²) >= 11 is 0. The molecule has 1 heterocycles. The average molecular weight is 399 g/mol. The smallest absolute Gasteiger partial charge is 0.225 e. The van der Waals surface area contributed by atoms with Gasteiger partial charge in [0, 0.05) is 22.4 Å². The summed E-state index contributed by atoms with van der Waals surface area (Å²) < 4.78 is 11.4. The molecule has 1 atom stereocenters. The second-order valence-corrected chi connectivity index (χ2v) is 9.46. The van der Waals surface area contributed by atoms with Crippen molar-refractivity contribution in [2.24, 2.45) is 4.99 Å². The number of ether oxygens (including phenoxy) is 2. The van der Waals surface area contributed by atoms with E-state index in [0.717, 1.165) is 21.3 Å². The average Bonchev–Trinajstić information content (AvgIpc) is 3.12. The number of amides is 1. The van der Waals surface area contributed by atoms with Gasteiger partial charge in [0.1, 0.15) is 11.5 Å². The first-order chi connectivity index (χ1) is 13.5. The highest BCUT2D eigenvalue weighted by atomic mass is 32.3. The topological polar surface area (TPSA) is 59.9 Å². The highest BCUT2D eigenvalue weighted by Crippen LogP contribution is 2.68. The Morgan fingerprint density at radius 2 is 1.86 bits per heavy atom. The van der Waals surface area contributed by atoms with Gasteiger partial charge in [-0.15, -0.1) is 10.0 Å². The van der Waals surface area contributed by atoms with Crippen molar-refractivity contribution >= 4 is 21.1 Å². The maximum absolute atomic E-state index is 12.2. The van der Waals surface area contributed by atoms with E-state index in [4.69, 9.17) is 9.47 Å². The van der Waals surface area contributed by atoms with Crippen LogP contribution in [0.1, 0.15) is 27.2 Å². The van der Waals surface area contributed by atoms with Crippen LogP contribution in [0.25, 0.3) is 0 Å². The van der Waals surface area contributed by atoms with Gasteiger partial charge in [0.25, 0.3) is 0 Å². The predicted molar refractivity (Wildman–Crippen MR) is 114 cm³/mol. The van der Waals surface area contributed by atoms with Crippen LogP contribution in [0.2, 0.25) is 0 Å². The molecule has 0 aromatic heterocycles. The fourth-order valence-electron chi connectivity index (χ4n) is 3.04. The van der Waals surface area contributed by atoms with Gasteiger partial charge in [-0.05, 0) is 55.7 Å². The van der Waals surface area contributed by atoms with Crippen LogP contribution in [0.3, 0.4) is 0 Å². The summed E-state index contributed by atoms with van der Waals surface area (Å²) in [5, 5.41) is 5.75. The molecule has 0 radical (unpaired) electrons. The van der Waals surface area contributed by atoms with Gasteiger partial charge in [-0.2, -0.15) is 0 Å². The van der Waals surface area contributed by atoms with E-state index in [1.165, 1.54) is 0 Å². The minimum absolute atomic E-state index is 0.0611. The normalized spacial score (nSPS) is 20.4. The van der Waals surface area contributed by atoms with Crippen molar-refractivity contribution in [2.45, 2.75) is 43.1 Å². The molecular weight excluding hydrogens is 372 g/mol. The Bertz CT molecular complexity index is 906. The van der Waals surface area contributed by atoms with Crippen LogP contribution in [0, 0.1) is 0 Å². The lowest BCUT2D eigenvalue weighted by Crippen LogP contribution is -2.32. The number of para-hydroxylation sites is 1. The van der Waals surface area contributed by atoms with Crippen molar-refractivity contribution in [3.8, 4) is 11.5 Å². The summed E-state index contributed by atoms with van der Waals surface area (Å²) in [4.78, 5) is 18.8. The van der Waals surface area contributed by atoms with Gasteiger partial charge in [0.15, 0.2) is 5.17 Å². The quantitative estimate of drug-likeness (QED) is 0.739. The SMILES string of the molecule is CCC(=O)NC1=NC=CS1(c1ccc(OC(C)C)cc1)c1ccccc1OC. The fourth-order valence-corrected chi connectivity index (χ4v) is 6.23. The zero-order valence-corrected chi connectivity index (χ0v) is 17.5. The molecule has 1 N–H and O–H groups in total. The second-order valence-electron chi connectivity index (χ2n) is 6.57. The number of hydrogen-bond donors (Lipinski definition) is 1. The van der Waals surface area contributed by atoms with E-state index in [-0.39, 0.29) is 12.0 Å². The highest BCUT2D eigenvalue weighted by Gasteiger charge is 2.38. The molecule has 3 rings (SSSR count). The van der Waals surface area contributed by atoms with Crippen molar-refractivity contribution in [3.63, 3.8) is 0 Å². The molecule has 0 fully saturated rings. The Hall–Kier alpha value is -2.73. The van der Waals surface area contributed by atoms with Gasteiger partial charge < -0.3 is 14.8 Å². The van der Waals surface area contributed by atoms with Crippen LogP contribution in [0.4, 0.5) is 0 Å². The van der Waals surface area contributed by atoms with E-state index < -0.39 is 10.0 Å². The Morgan fingerprint density at radius 1 is 1.14 bits per heavy atom. The number of hydrogen-bond acceptors (Lipinski definition) is 4. The maximum atomic E-state index is 12.2. The Balaban J connectivity index is 2.14. The van der Waals surface area contributed by atoms with E-state index in [1.54, 1.807) is 13.3 Å². The summed E-state index contributed by atoms with van der Waals surface area (Å²) in [7, 11) is -0.237. The first kappa shape index (κ1) is 20.0. The minimum Gasteiger partial charge on any atom is -0.496 e. The number of rotatable bonds is 6. The Morgan fingerprint density at radius 3 is 2.50 bits per heavy atom. The molecule has 0 saturated heterocycles. The Labute approximate surface area is 167 Å². The van der Waals surface area contributed by atoms with Crippen molar-refractivity contribution in [2.75, 3.05) is 7.11 Å². The number of amidine groups is 1.